The van der Waals surface area contributed by atoms with Gasteiger partial charge in [-0.2, -0.15) is 0 Å². The molecule has 176 valence electrons. The van der Waals surface area contributed by atoms with Crippen LogP contribution in [0.25, 0.3) is 10.9 Å². The molecule has 4 heteroatoms. The molecule has 0 spiro atoms. The number of para-hydroxylation sites is 1. The molecule has 0 radical (unpaired) electrons. The molecule has 1 aliphatic heterocycles. The summed E-state index contributed by atoms with van der Waals surface area (Å²) in [6.07, 6.45) is 5.92. The van der Waals surface area contributed by atoms with Crippen LogP contribution in [-0.2, 0) is 17.8 Å². The molecular weight excluding hydrogens is 406 g/mol. The molecule has 1 amide bonds. The minimum atomic E-state index is 0.158. The number of likely N-dealkylation sites (tertiary alicyclic amines) is 1. The summed E-state index contributed by atoms with van der Waals surface area (Å²) in [7, 11) is 0. The summed E-state index contributed by atoms with van der Waals surface area (Å²) in [4.78, 5) is 15.1. The van der Waals surface area contributed by atoms with E-state index < -0.39 is 0 Å². The van der Waals surface area contributed by atoms with E-state index in [1.54, 1.807) is 0 Å². The molecule has 2 atom stereocenters. The van der Waals surface area contributed by atoms with Crippen molar-refractivity contribution in [1.29, 1.82) is 0 Å². The highest BCUT2D eigenvalue weighted by Gasteiger charge is 2.21. The van der Waals surface area contributed by atoms with E-state index in [1.807, 2.05) is 0 Å². The summed E-state index contributed by atoms with van der Waals surface area (Å²) in [5, 5.41) is 4.40. The molecule has 1 saturated heterocycles. The average molecular weight is 446 g/mol. The summed E-state index contributed by atoms with van der Waals surface area (Å²) < 4.78 is 2.32. The number of nitrogens with zero attached hydrogens (tertiary/aromatic N) is 2. The minimum Gasteiger partial charge on any atom is -0.356 e. The number of hydrogen-bond donors (Lipinski definition) is 1. The maximum Gasteiger partial charge on any atom is 0.220 e. The number of carbonyl (C=O) groups excluding carboxylic acids is 1. The molecular formula is C29H39N3O. The molecule has 0 saturated carbocycles. The van der Waals surface area contributed by atoms with Crippen LogP contribution in [-0.4, -0.2) is 41.6 Å². The number of aromatic nitrogens is 1. The lowest BCUT2D eigenvalue weighted by Gasteiger charge is -2.34. The molecule has 0 unspecified atom stereocenters. The Bertz CT molecular complexity index is 1060. The van der Waals surface area contributed by atoms with Gasteiger partial charge >= 0.3 is 0 Å². The Hall–Kier alpha value is -2.59. The quantitative estimate of drug-likeness (QED) is 0.447. The number of fused-ring (bicyclic) bond motifs is 1. The average Bonchev–Trinajstić information content (AvgIpc) is 3.14. The fraction of sp³-hybridized carbons (Fsp3) is 0.483. The van der Waals surface area contributed by atoms with Gasteiger partial charge in [-0.3, -0.25) is 4.79 Å². The molecule has 1 N–H and O–H groups in total. The Morgan fingerprint density at radius 2 is 1.73 bits per heavy atom. The monoisotopic (exact) mass is 445 g/mol. The molecule has 1 fully saturated rings. The first-order chi connectivity index (χ1) is 16.0. The normalized spacial score (nSPS) is 19.1. The van der Waals surface area contributed by atoms with Gasteiger partial charge in [-0.05, 0) is 67.3 Å². The van der Waals surface area contributed by atoms with E-state index in [1.165, 1.54) is 47.1 Å². The summed E-state index contributed by atoms with van der Waals surface area (Å²) in [6.45, 7) is 12.0. The van der Waals surface area contributed by atoms with Crippen molar-refractivity contribution in [1.82, 2.24) is 14.8 Å². The van der Waals surface area contributed by atoms with Gasteiger partial charge < -0.3 is 14.8 Å². The van der Waals surface area contributed by atoms with E-state index in [-0.39, 0.29) is 5.91 Å². The molecule has 2 aromatic carbocycles. The van der Waals surface area contributed by atoms with Crippen molar-refractivity contribution in [3.63, 3.8) is 0 Å². The van der Waals surface area contributed by atoms with Crippen LogP contribution in [0.3, 0.4) is 0 Å². The van der Waals surface area contributed by atoms with Crippen LogP contribution < -0.4 is 5.32 Å². The highest BCUT2D eigenvalue weighted by molar-refractivity contribution is 5.85. The first-order valence-corrected chi connectivity index (χ1v) is 12.6. The third-order valence-electron chi connectivity index (χ3n) is 7.01. The van der Waals surface area contributed by atoms with E-state index >= 15 is 0 Å². The van der Waals surface area contributed by atoms with Gasteiger partial charge in [-0.25, -0.2) is 0 Å². The first-order valence-electron chi connectivity index (χ1n) is 12.6. The number of amides is 1. The Labute approximate surface area is 199 Å². The highest BCUT2D eigenvalue weighted by atomic mass is 16.1. The number of aryl methyl sites for hydroxylation is 2. The van der Waals surface area contributed by atoms with Gasteiger partial charge in [0.05, 0.1) is 0 Å². The number of hydrogen-bond acceptors (Lipinski definition) is 2. The molecule has 0 bridgehead atoms. The zero-order valence-corrected chi connectivity index (χ0v) is 20.5. The topological polar surface area (TPSA) is 37.3 Å². The predicted octanol–water partition coefficient (Wildman–Crippen LogP) is 5.41. The summed E-state index contributed by atoms with van der Waals surface area (Å²) >= 11 is 0. The number of rotatable bonds is 9. The van der Waals surface area contributed by atoms with Gasteiger partial charge in [0.1, 0.15) is 0 Å². The third-order valence-corrected chi connectivity index (χ3v) is 7.01. The maximum absolute atomic E-state index is 12.5. The summed E-state index contributed by atoms with van der Waals surface area (Å²) in [5.41, 5.74) is 5.14. The highest BCUT2D eigenvalue weighted by Crippen LogP contribution is 2.24. The zero-order chi connectivity index (χ0) is 23.2. The van der Waals surface area contributed by atoms with Crippen LogP contribution >= 0.6 is 0 Å². The van der Waals surface area contributed by atoms with Crippen molar-refractivity contribution < 1.29 is 4.79 Å². The van der Waals surface area contributed by atoms with E-state index in [4.69, 9.17) is 0 Å². The van der Waals surface area contributed by atoms with Crippen LogP contribution in [0.2, 0.25) is 0 Å². The van der Waals surface area contributed by atoms with Crippen LogP contribution in [0.1, 0.15) is 49.8 Å². The lowest BCUT2D eigenvalue weighted by Crippen LogP contribution is -2.40. The van der Waals surface area contributed by atoms with Crippen molar-refractivity contribution in [2.75, 3.05) is 26.2 Å². The van der Waals surface area contributed by atoms with E-state index in [2.05, 4.69) is 90.3 Å². The van der Waals surface area contributed by atoms with Crippen molar-refractivity contribution in [2.24, 2.45) is 11.8 Å². The van der Waals surface area contributed by atoms with Gasteiger partial charge in [0.15, 0.2) is 0 Å². The molecule has 0 aliphatic carbocycles. The minimum absolute atomic E-state index is 0.158. The second kappa shape index (κ2) is 11.0. The van der Waals surface area contributed by atoms with Crippen molar-refractivity contribution >= 4 is 16.8 Å². The standard InChI is InChI=1S/C29H39N3O/c1-22-17-23(2)19-31(18-22)16-8-15-30-29(33)14-13-26-21-32(28-12-7-6-11-27(26)28)20-25-10-5-4-9-24(25)3/h4-7,9-12,21-23H,8,13-20H2,1-3H3,(H,30,33)/t22-,23-/m1/s1. The lowest BCUT2D eigenvalue weighted by atomic mass is 9.92. The second-order valence-corrected chi connectivity index (χ2v) is 10.1. The van der Waals surface area contributed by atoms with Crippen molar-refractivity contribution in [3.05, 3.63) is 71.4 Å². The third kappa shape index (κ3) is 6.26. The molecule has 33 heavy (non-hydrogen) atoms. The Kier molecular flexibility index (Phi) is 7.87. The zero-order valence-electron chi connectivity index (χ0n) is 20.5. The van der Waals surface area contributed by atoms with Gasteiger partial charge in [-0.15, -0.1) is 0 Å². The van der Waals surface area contributed by atoms with Crippen molar-refractivity contribution in [2.45, 2.75) is 53.0 Å². The molecule has 1 aromatic heterocycles. The Balaban J connectivity index is 1.29. The number of nitrogens with one attached hydrogen (secondary N) is 1. The largest absolute Gasteiger partial charge is 0.356 e. The number of benzene rings is 2. The molecule has 4 nitrogen and oxygen atoms in total. The van der Waals surface area contributed by atoms with Gasteiger partial charge in [-0.1, -0.05) is 56.3 Å². The number of carbonyl (C=O) groups is 1. The SMILES string of the molecule is Cc1ccccc1Cn1cc(CCC(=O)NCCCN2C[C@H](C)C[C@@H](C)C2)c2ccccc21. The Morgan fingerprint density at radius 3 is 2.52 bits per heavy atom. The summed E-state index contributed by atoms with van der Waals surface area (Å²) in [6, 6.07) is 17.1. The number of piperidine rings is 1. The summed E-state index contributed by atoms with van der Waals surface area (Å²) in [5.74, 6) is 1.73. The van der Waals surface area contributed by atoms with E-state index in [0.29, 0.717) is 6.42 Å². The van der Waals surface area contributed by atoms with Gasteiger partial charge in [0.2, 0.25) is 5.91 Å². The van der Waals surface area contributed by atoms with E-state index in [9.17, 15) is 4.79 Å². The van der Waals surface area contributed by atoms with Crippen LogP contribution in [0.5, 0.6) is 0 Å². The second-order valence-electron chi connectivity index (χ2n) is 10.1. The Morgan fingerprint density at radius 1 is 1.00 bits per heavy atom. The van der Waals surface area contributed by atoms with Crippen LogP contribution in [0, 0.1) is 18.8 Å². The smallest absolute Gasteiger partial charge is 0.220 e. The maximum atomic E-state index is 12.5. The fourth-order valence-electron chi connectivity index (χ4n) is 5.47. The predicted molar refractivity (Wildman–Crippen MR) is 138 cm³/mol. The van der Waals surface area contributed by atoms with Gasteiger partial charge in [0, 0.05) is 49.7 Å². The first kappa shape index (κ1) is 23.6. The molecule has 3 aromatic rings. The molecule has 2 heterocycles. The van der Waals surface area contributed by atoms with E-state index in [0.717, 1.165) is 44.3 Å². The van der Waals surface area contributed by atoms with Crippen molar-refractivity contribution in [3.8, 4) is 0 Å². The van der Waals surface area contributed by atoms with Gasteiger partial charge in [0.25, 0.3) is 0 Å². The van der Waals surface area contributed by atoms with Crippen LogP contribution in [0.15, 0.2) is 54.7 Å². The van der Waals surface area contributed by atoms with Crippen LogP contribution in [0.4, 0.5) is 0 Å². The lowest BCUT2D eigenvalue weighted by molar-refractivity contribution is -0.121. The molecule has 4 rings (SSSR count). The molecule has 1 aliphatic rings. The fourth-order valence-corrected chi connectivity index (χ4v) is 5.47.